The first-order valence-electron chi connectivity index (χ1n) is 8.45. The number of hydrogen-bond donors (Lipinski definition) is 1. The van der Waals surface area contributed by atoms with E-state index < -0.39 is 0 Å². The molecule has 0 aliphatic carbocycles. The van der Waals surface area contributed by atoms with Crippen LogP contribution in [0.3, 0.4) is 0 Å². The van der Waals surface area contributed by atoms with Crippen molar-refractivity contribution in [1.82, 2.24) is 10.1 Å². The van der Waals surface area contributed by atoms with Crippen molar-refractivity contribution in [1.29, 1.82) is 0 Å². The van der Waals surface area contributed by atoms with Gasteiger partial charge in [0, 0.05) is 35.2 Å². The molecule has 4 aromatic rings. The summed E-state index contributed by atoms with van der Waals surface area (Å²) in [7, 11) is 1.61. The Kier molecular flexibility index (Phi) is 4.37. The second kappa shape index (κ2) is 6.98. The van der Waals surface area contributed by atoms with Gasteiger partial charge in [0.2, 0.25) is 5.88 Å². The van der Waals surface area contributed by atoms with Crippen molar-refractivity contribution in [3.63, 3.8) is 0 Å². The molecule has 0 aliphatic rings. The predicted octanol–water partition coefficient (Wildman–Crippen LogP) is 4.14. The highest BCUT2D eigenvalue weighted by molar-refractivity contribution is 5.92. The van der Waals surface area contributed by atoms with Crippen LogP contribution in [0.4, 0.5) is 0 Å². The Labute approximate surface area is 151 Å². The maximum atomic E-state index is 6.53. The van der Waals surface area contributed by atoms with Crippen LogP contribution in [0.5, 0.6) is 5.88 Å². The van der Waals surface area contributed by atoms with E-state index in [4.69, 9.17) is 15.0 Å². The minimum absolute atomic E-state index is 0.221. The Balaban J connectivity index is 1.71. The second-order valence-electron chi connectivity index (χ2n) is 6.10. The highest BCUT2D eigenvalue weighted by Crippen LogP contribution is 2.33. The summed E-state index contributed by atoms with van der Waals surface area (Å²) in [5.74, 6) is 0.588. The third-order valence-electron chi connectivity index (χ3n) is 4.41. The van der Waals surface area contributed by atoms with E-state index in [9.17, 15) is 0 Å². The van der Waals surface area contributed by atoms with Crippen molar-refractivity contribution in [2.24, 2.45) is 5.73 Å². The number of methoxy groups -OCH3 is 1. The number of ether oxygens (including phenoxy) is 1. The summed E-state index contributed by atoms with van der Waals surface area (Å²) in [4.78, 5) is 4.46. The lowest BCUT2D eigenvalue weighted by Crippen LogP contribution is -2.15. The fourth-order valence-corrected chi connectivity index (χ4v) is 3.14. The Morgan fingerprint density at radius 2 is 1.81 bits per heavy atom. The quantitative estimate of drug-likeness (QED) is 0.588. The smallest absolute Gasteiger partial charge is 0.213 e. The van der Waals surface area contributed by atoms with Crippen molar-refractivity contribution in [3.8, 4) is 17.1 Å². The van der Waals surface area contributed by atoms with Crippen molar-refractivity contribution in [3.05, 3.63) is 78.0 Å². The van der Waals surface area contributed by atoms with Crippen molar-refractivity contribution >= 4 is 11.0 Å². The summed E-state index contributed by atoms with van der Waals surface area (Å²) < 4.78 is 10.7. The fourth-order valence-electron chi connectivity index (χ4n) is 3.14. The SMILES string of the molecule is COc1cccc(CC(N)c2ccccc2-c2noc3ccccc23)n1. The van der Waals surface area contributed by atoms with Gasteiger partial charge in [-0.25, -0.2) is 4.98 Å². The Bertz CT molecular complexity index is 1040. The lowest BCUT2D eigenvalue weighted by molar-refractivity contribution is 0.396. The van der Waals surface area contributed by atoms with E-state index in [1.165, 1.54) is 0 Å². The zero-order chi connectivity index (χ0) is 17.9. The summed E-state index contributed by atoms with van der Waals surface area (Å²) in [6.07, 6.45) is 0.601. The van der Waals surface area contributed by atoms with E-state index >= 15 is 0 Å². The molecule has 4 rings (SSSR count). The molecule has 1 atom stereocenters. The van der Waals surface area contributed by atoms with Gasteiger partial charge in [0.1, 0.15) is 5.69 Å². The average molecular weight is 345 g/mol. The van der Waals surface area contributed by atoms with E-state index in [0.29, 0.717) is 12.3 Å². The largest absolute Gasteiger partial charge is 0.481 e. The number of hydrogen-bond acceptors (Lipinski definition) is 5. The van der Waals surface area contributed by atoms with Crippen LogP contribution in [-0.4, -0.2) is 17.3 Å². The van der Waals surface area contributed by atoms with Gasteiger partial charge in [-0.2, -0.15) is 0 Å². The van der Waals surface area contributed by atoms with Gasteiger partial charge < -0.3 is 15.0 Å². The molecular weight excluding hydrogens is 326 g/mol. The molecule has 0 radical (unpaired) electrons. The molecule has 0 saturated carbocycles. The number of fused-ring (bicyclic) bond motifs is 1. The van der Waals surface area contributed by atoms with Crippen molar-refractivity contribution in [2.75, 3.05) is 7.11 Å². The van der Waals surface area contributed by atoms with Crippen LogP contribution in [0.1, 0.15) is 17.3 Å². The second-order valence-corrected chi connectivity index (χ2v) is 6.10. The lowest BCUT2D eigenvalue weighted by Gasteiger charge is -2.15. The molecule has 5 heteroatoms. The molecule has 5 nitrogen and oxygen atoms in total. The predicted molar refractivity (Wildman–Crippen MR) is 101 cm³/mol. The zero-order valence-electron chi connectivity index (χ0n) is 14.4. The van der Waals surface area contributed by atoms with Crippen molar-refractivity contribution < 1.29 is 9.26 Å². The number of pyridine rings is 1. The third-order valence-corrected chi connectivity index (χ3v) is 4.41. The van der Waals surface area contributed by atoms with Gasteiger partial charge >= 0.3 is 0 Å². The molecule has 2 aromatic carbocycles. The highest BCUT2D eigenvalue weighted by atomic mass is 16.5. The first kappa shape index (κ1) is 16.3. The first-order valence-corrected chi connectivity index (χ1v) is 8.45. The van der Waals surface area contributed by atoms with E-state index in [0.717, 1.165) is 33.5 Å². The third kappa shape index (κ3) is 3.05. The minimum atomic E-state index is -0.221. The van der Waals surface area contributed by atoms with Crippen LogP contribution in [0, 0.1) is 0 Å². The minimum Gasteiger partial charge on any atom is -0.481 e. The zero-order valence-corrected chi connectivity index (χ0v) is 14.4. The number of rotatable bonds is 5. The topological polar surface area (TPSA) is 74.2 Å². The van der Waals surface area contributed by atoms with Gasteiger partial charge in [-0.3, -0.25) is 0 Å². The van der Waals surface area contributed by atoms with Crippen LogP contribution < -0.4 is 10.5 Å². The van der Waals surface area contributed by atoms with Gasteiger partial charge in [0.05, 0.1) is 7.11 Å². The highest BCUT2D eigenvalue weighted by Gasteiger charge is 2.18. The molecular formula is C21H19N3O2. The summed E-state index contributed by atoms with van der Waals surface area (Å²) in [6.45, 7) is 0. The number of nitrogens with zero attached hydrogens (tertiary/aromatic N) is 2. The molecule has 0 aliphatic heterocycles. The maximum Gasteiger partial charge on any atom is 0.213 e. The Hall–Kier alpha value is -3.18. The van der Waals surface area contributed by atoms with E-state index in [2.05, 4.69) is 10.1 Å². The monoisotopic (exact) mass is 345 g/mol. The van der Waals surface area contributed by atoms with Gasteiger partial charge in [-0.15, -0.1) is 0 Å². The van der Waals surface area contributed by atoms with Crippen LogP contribution in [0.25, 0.3) is 22.2 Å². The normalized spacial score (nSPS) is 12.2. The molecule has 0 saturated heterocycles. The number of aromatic nitrogens is 2. The van der Waals surface area contributed by atoms with Crippen LogP contribution >= 0.6 is 0 Å². The molecule has 0 spiro atoms. The number of nitrogens with two attached hydrogens (primary N) is 1. The summed E-state index contributed by atoms with van der Waals surface area (Å²) in [5, 5.41) is 5.26. The maximum absolute atomic E-state index is 6.53. The average Bonchev–Trinajstić information content (AvgIpc) is 3.12. The van der Waals surface area contributed by atoms with Crippen LogP contribution in [0.15, 0.2) is 71.3 Å². The molecule has 0 amide bonds. The van der Waals surface area contributed by atoms with E-state index in [1.54, 1.807) is 7.11 Å². The Morgan fingerprint density at radius 1 is 1.00 bits per heavy atom. The standard InChI is InChI=1S/C21H19N3O2/c1-25-20-12-6-7-14(23-20)13-18(22)15-8-2-3-9-16(15)21-17-10-4-5-11-19(17)26-24-21/h2-12,18H,13,22H2,1H3. The van der Waals surface area contributed by atoms with Gasteiger partial charge in [-0.05, 0) is 23.8 Å². The molecule has 130 valence electrons. The van der Waals surface area contributed by atoms with E-state index in [1.807, 2.05) is 66.7 Å². The Morgan fingerprint density at radius 3 is 2.69 bits per heavy atom. The van der Waals surface area contributed by atoms with Crippen LogP contribution in [0.2, 0.25) is 0 Å². The lowest BCUT2D eigenvalue weighted by atomic mass is 9.94. The van der Waals surface area contributed by atoms with Gasteiger partial charge in [0.15, 0.2) is 5.58 Å². The molecule has 0 fully saturated rings. The number of benzene rings is 2. The summed E-state index contributed by atoms with van der Waals surface area (Å²) in [5.41, 5.74) is 11.0. The first-order chi connectivity index (χ1) is 12.8. The molecule has 2 N–H and O–H groups in total. The van der Waals surface area contributed by atoms with Crippen LogP contribution in [-0.2, 0) is 6.42 Å². The van der Waals surface area contributed by atoms with E-state index in [-0.39, 0.29) is 6.04 Å². The molecule has 26 heavy (non-hydrogen) atoms. The fraction of sp³-hybridized carbons (Fsp3) is 0.143. The van der Waals surface area contributed by atoms with Gasteiger partial charge in [0.25, 0.3) is 0 Å². The summed E-state index contributed by atoms with van der Waals surface area (Å²) in [6, 6.07) is 21.3. The summed E-state index contributed by atoms with van der Waals surface area (Å²) >= 11 is 0. The molecule has 1 unspecified atom stereocenters. The van der Waals surface area contributed by atoms with Crippen molar-refractivity contribution in [2.45, 2.75) is 12.5 Å². The molecule has 0 bridgehead atoms. The molecule has 2 heterocycles. The number of para-hydroxylation sites is 1. The molecule has 2 aromatic heterocycles. The van der Waals surface area contributed by atoms with Gasteiger partial charge in [-0.1, -0.05) is 47.6 Å².